The molecular weight excluding hydrogens is 290 g/mol. The highest BCUT2D eigenvalue weighted by molar-refractivity contribution is 5.79. The van der Waals surface area contributed by atoms with E-state index in [4.69, 9.17) is 5.73 Å². The van der Waals surface area contributed by atoms with Gasteiger partial charge in [0.2, 0.25) is 5.91 Å². The van der Waals surface area contributed by atoms with E-state index in [2.05, 4.69) is 33.2 Å². The third kappa shape index (κ3) is 4.00. The molecule has 23 heavy (non-hydrogen) atoms. The van der Waals surface area contributed by atoms with Crippen molar-refractivity contribution in [2.45, 2.75) is 31.8 Å². The minimum absolute atomic E-state index is 0.0776. The normalized spacial score (nSPS) is 25.6. The molecule has 2 fully saturated rings. The fourth-order valence-corrected chi connectivity index (χ4v) is 3.45. The predicted octanol–water partition coefficient (Wildman–Crippen LogP) is 0.577. The lowest BCUT2D eigenvalue weighted by Gasteiger charge is -2.34. The lowest BCUT2D eigenvalue weighted by atomic mass is 10.1. The van der Waals surface area contributed by atoms with Crippen molar-refractivity contribution >= 4 is 11.7 Å². The minimum atomic E-state index is 0.0776. The maximum Gasteiger partial charge on any atom is 0.223 e. The Balaban J connectivity index is 1.60. The fraction of sp³-hybridized carbons (Fsp3) is 0.647. The monoisotopic (exact) mass is 317 g/mol. The highest BCUT2D eigenvalue weighted by Crippen LogP contribution is 2.24. The van der Waals surface area contributed by atoms with Gasteiger partial charge < -0.3 is 20.9 Å². The second-order valence-corrected chi connectivity index (χ2v) is 6.76. The molecule has 0 aromatic carbocycles. The van der Waals surface area contributed by atoms with Crippen LogP contribution in [0.4, 0.5) is 5.82 Å². The van der Waals surface area contributed by atoms with Crippen LogP contribution >= 0.6 is 0 Å². The Morgan fingerprint density at radius 2 is 2.13 bits per heavy atom. The van der Waals surface area contributed by atoms with Crippen LogP contribution in [0.3, 0.4) is 0 Å². The van der Waals surface area contributed by atoms with Crippen LogP contribution in [0.1, 0.15) is 24.8 Å². The van der Waals surface area contributed by atoms with E-state index in [1.807, 2.05) is 12.3 Å². The molecule has 2 heterocycles. The van der Waals surface area contributed by atoms with Gasteiger partial charge in [-0.25, -0.2) is 4.98 Å². The van der Waals surface area contributed by atoms with E-state index in [-0.39, 0.29) is 17.9 Å². The molecule has 0 spiro atoms. The zero-order chi connectivity index (χ0) is 16.2. The Hall–Kier alpha value is -1.66. The number of hydrogen-bond acceptors (Lipinski definition) is 5. The molecule has 0 bridgehead atoms. The van der Waals surface area contributed by atoms with Crippen LogP contribution in [-0.4, -0.2) is 55.1 Å². The van der Waals surface area contributed by atoms with Gasteiger partial charge in [0.1, 0.15) is 5.82 Å². The van der Waals surface area contributed by atoms with Crippen LogP contribution in [-0.2, 0) is 11.3 Å². The summed E-state index contributed by atoms with van der Waals surface area (Å²) in [6.45, 7) is 4.59. The molecule has 1 aliphatic heterocycles. The summed E-state index contributed by atoms with van der Waals surface area (Å²) in [7, 11) is 2.14. The van der Waals surface area contributed by atoms with Gasteiger partial charge in [0.25, 0.3) is 0 Å². The van der Waals surface area contributed by atoms with Crippen molar-refractivity contribution in [2.75, 3.05) is 38.1 Å². The summed E-state index contributed by atoms with van der Waals surface area (Å²) in [6, 6.07) is 4.18. The van der Waals surface area contributed by atoms with Crippen LogP contribution in [0.2, 0.25) is 0 Å². The molecule has 1 aromatic rings. The van der Waals surface area contributed by atoms with Crippen molar-refractivity contribution < 1.29 is 4.79 Å². The van der Waals surface area contributed by atoms with E-state index in [1.54, 1.807) is 0 Å². The third-order valence-corrected chi connectivity index (χ3v) is 4.97. The largest absolute Gasteiger partial charge is 0.354 e. The molecule has 1 saturated carbocycles. The van der Waals surface area contributed by atoms with E-state index < -0.39 is 0 Å². The van der Waals surface area contributed by atoms with E-state index in [0.29, 0.717) is 6.54 Å². The molecule has 1 saturated heterocycles. The van der Waals surface area contributed by atoms with Crippen LogP contribution in [0.15, 0.2) is 18.3 Å². The molecule has 0 radical (unpaired) electrons. The van der Waals surface area contributed by atoms with Crippen molar-refractivity contribution in [1.29, 1.82) is 0 Å². The minimum Gasteiger partial charge on any atom is -0.354 e. The molecule has 1 aliphatic carbocycles. The summed E-state index contributed by atoms with van der Waals surface area (Å²) in [5.41, 5.74) is 6.99. The van der Waals surface area contributed by atoms with Crippen molar-refractivity contribution in [3.63, 3.8) is 0 Å². The molecule has 126 valence electrons. The van der Waals surface area contributed by atoms with Gasteiger partial charge in [0.05, 0.1) is 0 Å². The third-order valence-electron chi connectivity index (χ3n) is 4.97. The number of nitrogens with zero attached hydrogens (tertiary/aromatic N) is 3. The van der Waals surface area contributed by atoms with Crippen molar-refractivity contribution in [3.05, 3.63) is 23.9 Å². The zero-order valence-electron chi connectivity index (χ0n) is 13.9. The molecule has 6 heteroatoms. The first-order chi connectivity index (χ1) is 11.1. The van der Waals surface area contributed by atoms with Crippen LogP contribution < -0.4 is 16.0 Å². The number of nitrogens with one attached hydrogen (secondary N) is 1. The van der Waals surface area contributed by atoms with E-state index in [1.165, 1.54) is 0 Å². The average molecular weight is 317 g/mol. The number of anilines is 1. The van der Waals surface area contributed by atoms with Gasteiger partial charge in [-0.1, -0.05) is 6.07 Å². The molecule has 2 unspecified atom stereocenters. The molecule has 1 amide bonds. The summed E-state index contributed by atoms with van der Waals surface area (Å²) in [5, 5.41) is 3.08. The number of likely N-dealkylation sites (N-methyl/N-ethyl adjacent to an activating group) is 1. The Morgan fingerprint density at radius 3 is 2.83 bits per heavy atom. The zero-order valence-corrected chi connectivity index (χ0v) is 13.9. The number of rotatable bonds is 4. The average Bonchev–Trinajstić information content (AvgIpc) is 3.00. The highest BCUT2D eigenvalue weighted by atomic mass is 16.1. The van der Waals surface area contributed by atoms with Gasteiger partial charge in [0.15, 0.2) is 0 Å². The molecule has 3 rings (SSSR count). The first-order valence-electron chi connectivity index (χ1n) is 8.54. The smallest absolute Gasteiger partial charge is 0.223 e. The van der Waals surface area contributed by atoms with Gasteiger partial charge >= 0.3 is 0 Å². The second kappa shape index (κ2) is 7.27. The molecule has 2 atom stereocenters. The maximum absolute atomic E-state index is 12.3. The lowest BCUT2D eigenvalue weighted by molar-refractivity contribution is -0.125. The quantitative estimate of drug-likeness (QED) is 0.849. The first-order valence-corrected chi connectivity index (χ1v) is 8.54. The van der Waals surface area contributed by atoms with Crippen molar-refractivity contribution in [2.24, 2.45) is 11.7 Å². The second-order valence-electron chi connectivity index (χ2n) is 6.76. The van der Waals surface area contributed by atoms with Crippen LogP contribution in [0, 0.1) is 5.92 Å². The summed E-state index contributed by atoms with van der Waals surface area (Å²) in [6.07, 6.45) is 4.50. The van der Waals surface area contributed by atoms with Crippen molar-refractivity contribution in [3.8, 4) is 0 Å². The molecular formula is C17H27N5O. The van der Waals surface area contributed by atoms with Gasteiger partial charge in [-0.3, -0.25) is 4.79 Å². The molecule has 2 aliphatic rings. The fourth-order valence-electron chi connectivity index (χ4n) is 3.45. The number of aromatic nitrogens is 1. The number of hydrogen-bond donors (Lipinski definition) is 2. The number of piperazine rings is 1. The van der Waals surface area contributed by atoms with Crippen LogP contribution in [0.25, 0.3) is 0 Å². The summed E-state index contributed by atoms with van der Waals surface area (Å²) < 4.78 is 0. The van der Waals surface area contributed by atoms with Gasteiger partial charge in [0, 0.05) is 56.4 Å². The van der Waals surface area contributed by atoms with Gasteiger partial charge in [-0.15, -0.1) is 0 Å². The van der Waals surface area contributed by atoms with E-state index >= 15 is 0 Å². The number of amides is 1. The highest BCUT2D eigenvalue weighted by Gasteiger charge is 2.27. The van der Waals surface area contributed by atoms with Gasteiger partial charge in [-0.2, -0.15) is 0 Å². The van der Waals surface area contributed by atoms with Crippen LogP contribution in [0.5, 0.6) is 0 Å². The number of carbonyl (C=O) groups excluding carboxylic acids is 1. The Morgan fingerprint density at radius 1 is 1.35 bits per heavy atom. The maximum atomic E-state index is 12.3. The molecule has 1 aromatic heterocycles. The van der Waals surface area contributed by atoms with E-state index in [0.717, 1.165) is 56.8 Å². The standard InChI is InChI=1S/C17H27N5O/c1-21-7-9-22(10-8-21)16-14(3-2-6-19-16)12-20-17(23)13-4-5-15(18)11-13/h2-3,6,13,15H,4-5,7-12,18H2,1H3,(H,20,23). The molecule has 6 nitrogen and oxygen atoms in total. The Bertz CT molecular complexity index is 542. The van der Waals surface area contributed by atoms with Crippen molar-refractivity contribution in [1.82, 2.24) is 15.2 Å². The number of pyridine rings is 1. The molecule has 3 N–H and O–H groups in total. The number of nitrogens with two attached hydrogens (primary N) is 1. The SMILES string of the molecule is CN1CCN(c2ncccc2CNC(=O)C2CCC(N)C2)CC1. The van der Waals surface area contributed by atoms with E-state index in [9.17, 15) is 4.79 Å². The first kappa shape index (κ1) is 16.2. The lowest BCUT2D eigenvalue weighted by Crippen LogP contribution is -2.45. The Labute approximate surface area is 138 Å². The predicted molar refractivity (Wildman–Crippen MR) is 91.1 cm³/mol. The summed E-state index contributed by atoms with van der Waals surface area (Å²) >= 11 is 0. The van der Waals surface area contributed by atoms with Gasteiger partial charge in [-0.05, 0) is 32.4 Å². The topological polar surface area (TPSA) is 74.5 Å². The number of carbonyl (C=O) groups is 1. The Kier molecular flexibility index (Phi) is 5.13. The summed E-state index contributed by atoms with van der Waals surface area (Å²) in [4.78, 5) is 21.5. The summed E-state index contributed by atoms with van der Waals surface area (Å²) in [5.74, 6) is 1.21.